The first-order valence-corrected chi connectivity index (χ1v) is 7.68. The van der Waals surface area contributed by atoms with E-state index in [-0.39, 0.29) is 57.8 Å². The quantitative estimate of drug-likeness (QED) is 0.592. The molecule has 120 valence electrons. The van der Waals surface area contributed by atoms with Crippen LogP contribution in [0.25, 0.3) is 10.8 Å². The fourth-order valence-corrected chi connectivity index (χ4v) is 2.63. The van der Waals surface area contributed by atoms with Crippen LogP contribution in [0, 0.1) is 0 Å². The second-order valence-electron chi connectivity index (χ2n) is 5.60. The molecular weight excluding hydrogens is 341 g/mol. The summed E-state index contributed by atoms with van der Waals surface area (Å²) in [6.07, 6.45) is 0.172. The number of hydrogen-bond donors (Lipinski definition) is 1. The Morgan fingerprint density at radius 3 is 2.20 bits per heavy atom. The van der Waals surface area contributed by atoms with Gasteiger partial charge in [-0.1, -0.05) is 60.7 Å². The topological polar surface area (TPSA) is 69.2 Å². The summed E-state index contributed by atoms with van der Waals surface area (Å²) in [6.45, 7) is 0. The van der Waals surface area contributed by atoms with Crippen molar-refractivity contribution in [3.8, 4) is 0 Å². The van der Waals surface area contributed by atoms with Crippen molar-refractivity contribution in [2.45, 2.75) is 12.5 Å². The minimum atomic E-state index is -1.30. The maximum atomic E-state index is 12.2. The van der Waals surface area contributed by atoms with Gasteiger partial charge in [0.1, 0.15) is 0 Å². The van der Waals surface area contributed by atoms with Crippen molar-refractivity contribution >= 4 is 22.6 Å². The van der Waals surface area contributed by atoms with Gasteiger partial charge in [-0.2, -0.15) is 0 Å². The Hall–Kier alpha value is -1.50. The first-order chi connectivity index (χ1) is 11.6. The minimum Gasteiger partial charge on any atom is -0.548 e. The van der Waals surface area contributed by atoms with Gasteiger partial charge in [0, 0.05) is 5.56 Å². The normalized spacial score (nSPS) is 11.4. The monoisotopic (exact) mass is 357 g/mol. The largest absolute Gasteiger partial charge is 1.00 e. The molecule has 0 radical (unpaired) electrons. The Bertz CT molecular complexity index is 880. The summed E-state index contributed by atoms with van der Waals surface area (Å²) in [5, 5.41) is 16.0. The number of carboxylic acids is 1. The molecule has 1 amide bonds. The molecule has 0 aromatic heterocycles. The maximum absolute atomic E-state index is 12.2. The van der Waals surface area contributed by atoms with E-state index in [0.29, 0.717) is 5.56 Å². The van der Waals surface area contributed by atoms with Crippen LogP contribution in [0.15, 0.2) is 72.8 Å². The third kappa shape index (κ3) is 5.23. The number of fused-ring (bicyclic) bond motifs is 1. The van der Waals surface area contributed by atoms with Gasteiger partial charge in [-0.05, 0) is 34.9 Å². The van der Waals surface area contributed by atoms with Crippen LogP contribution in [-0.4, -0.2) is 17.9 Å². The molecule has 0 bridgehead atoms. The van der Waals surface area contributed by atoms with Crippen LogP contribution >= 0.6 is 0 Å². The van der Waals surface area contributed by atoms with Crippen molar-refractivity contribution in [1.29, 1.82) is 0 Å². The Labute approximate surface area is 188 Å². The summed E-state index contributed by atoms with van der Waals surface area (Å²) in [4.78, 5) is 23.6. The zero-order chi connectivity index (χ0) is 16.9. The summed E-state index contributed by atoms with van der Waals surface area (Å²) in [5.41, 5.74) is 1.25. The summed E-state index contributed by atoms with van der Waals surface area (Å²) in [5.74, 6) is -1.72. The molecule has 3 rings (SSSR count). The van der Waals surface area contributed by atoms with Crippen LogP contribution in [0.3, 0.4) is 0 Å². The zero-order valence-corrected chi connectivity index (χ0v) is 17.1. The molecule has 4 nitrogen and oxygen atoms in total. The van der Waals surface area contributed by atoms with E-state index in [2.05, 4.69) is 5.32 Å². The molecule has 0 fully saturated rings. The van der Waals surface area contributed by atoms with E-state index in [1.807, 2.05) is 42.5 Å². The van der Waals surface area contributed by atoms with Gasteiger partial charge in [0.05, 0.1) is 12.0 Å². The molecule has 3 aromatic carbocycles. The third-order valence-electron chi connectivity index (χ3n) is 3.88. The molecule has 3 aromatic rings. The SMILES string of the molecule is O=C(NC(Cc1ccc2ccccc2c1)C(=O)[O-])c1ccccc1.[K+]. The number of rotatable bonds is 5. The fraction of sp³-hybridized carbons (Fsp3) is 0.100. The van der Waals surface area contributed by atoms with Crippen molar-refractivity contribution in [2.24, 2.45) is 0 Å². The fourth-order valence-electron chi connectivity index (χ4n) is 2.63. The molecular formula is C20H16KNO3. The smallest absolute Gasteiger partial charge is 0.548 e. The van der Waals surface area contributed by atoms with Gasteiger partial charge >= 0.3 is 51.4 Å². The van der Waals surface area contributed by atoms with E-state index < -0.39 is 17.9 Å². The Kier molecular flexibility index (Phi) is 7.34. The van der Waals surface area contributed by atoms with Crippen molar-refractivity contribution in [2.75, 3.05) is 0 Å². The number of benzene rings is 3. The van der Waals surface area contributed by atoms with Crippen LogP contribution in [0.2, 0.25) is 0 Å². The molecule has 0 aliphatic carbocycles. The molecule has 0 saturated heterocycles. The van der Waals surface area contributed by atoms with Gasteiger partial charge < -0.3 is 15.2 Å². The summed E-state index contributed by atoms with van der Waals surface area (Å²) >= 11 is 0. The predicted molar refractivity (Wildman–Crippen MR) is 90.4 cm³/mol. The van der Waals surface area contributed by atoms with E-state index in [4.69, 9.17) is 0 Å². The minimum absolute atomic E-state index is 0. The van der Waals surface area contributed by atoms with E-state index in [9.17, 15) is 14.7 Å². The number of amides is 1. The Morgan fingerprint density at radius 2 is 1.52 bits per heavy atom. The summed E-state index contributed by atoms with van der Waals surface area (Å²) in [6, 6.07) is 21.0. The summed E-state index contributed by atoms with van der Waals surface area (Å²) in [7, 11) is 0. The van der Waals surface area contributed by atoms with Gasteiger partial charge in [0.25, 0.3) is 5.91 Å². The van der Waals surface area contributed by atoms with Crippen LogP contribution in [0.1, 0.15) is 15.9 Å². The second kappa shape index (κ2) is 9.27. The molecule has 1 N–H and O–H groups in total. The van der Waals surface area contributed by atoms with Gasteiger partial charge in [-0.3, -0.25) is 4.79 Å². The number of nitrogens with one attached hydrogen (secondary N) is 1. The van der Waals surface area contributed by atoms with Gasteiger partial charge in [0.15, 0.2) is 0 Å². The molecule has 1 unspecified atom stereocenters. The molecule has 1 atom stereocenters. The Balaban J connectivity index is 0.00000225. The van der Waals surface area contributed by atoms with E-state index in [1.54, 1.807) is 30.3 Å². The maximum Gasteiger partial charge on any atom is 1.00 e. The number of hydrogen-bond acceptors (Lipinski definition) is 3. The molecule has 5 heteroatoms. The molecule has 25 heavy (non-hydrogen) atoms. The van der Waals surface area contributed by atoms with Crippen molar-refractivity contribution < 1.29 is 66.1 Å². The zero-order valence-electron chi connectivity index (χ0n) is 13.9. The average Bonchev–Trinajstić information content (AvgIpc) is 2.61. The number of aliphatic carboxylic acids is 1. The Morgan fingerprint density at radius 1 is 0.880 bits per heavy atom. The van der Waals surface area contributed by atoms with Crippen molar-refractivity contribution in [1.82, 2.24) is 5.32 Å². The van der Waals surface area contributed by atoms with Crippen LogP contribution in [-0.2, 0) is 11.2 Å². The van der Waals surface area contributed by atoms with E-state index in [1.165, 1.54) is 0 Å². The van der Waals surface area contributed by atoms with Crippen LogP contribution in [0.5, 0.6) is 0 Å². The van der Waals surface area contributed by atoms with Crippen LogP contribution in [0.4, 0.5) is 0 Å². The van der Waals surface area contributed by atoms with Gasteiger partial charge in [0.2, 0.25) is 0 Å². The summed E-state index contributed by atoms with van der Waals surface area (Å²) < 4.78 is 0. The third-order valence-corrected chi connectivity index (χ3v) is 3.88. The van der Waals surface area contributed by atoms with E-state index in [0.717, 1.165) is 16.3 Å². The van der Waals surface area contributed by atoms with Gasteiger partial charge in [-0.15, -0.1) is 0 Å². The van der Waals surface area contributed by atoms with Crippen LogP contribution < -0.4 is 61.8 Å². The number of carbonyl (C=O) groups excluding carboxylic acids is 2. The molecule has 0 heterocycles. The molecule has 0 aliphatic rings. The molecule has 0 aliphatic heterocycles. The number of carbonyl (C=O) groups is 2. The standard InChI is InChI=1S/C20H17NO3.K/c22-19(16-7-2-1-3-8-16)21-18(20(23)24)13-14-10-11-15-6-4-5-9-17(15)12-14;/h1-12,18H,13H2,(H,21,22)(H,23,24);/q;+1/p-1. The molecule has 0 spiro atoms. The van der Waals surface area contributed by atoms with Crippen molar-refractivity contribution in [3.63, 3.8) is 0 Å². The first kappa shape index (κ1) is 19.8. The number of carboxylic acid groups (broad SMARTS) is 1. The molecule has 0 saturated carbocycles. The van der Waals surface area contributed by atoms with Gasteiger partial charge in [-0.25, -0.2) is 0 Å². The van der Waals surface area contributed by atoms with Crippen molar-refractivity contribution in [3.05, 3.63) is 83.9 Å². The predicted octanol–water partition coefficient (Wildman–Crippen LogP) is -1.07. The van der Waals surface area contributed by atoms with E-state index >= 15 is 0 Å². The average molecular weight is 357 g/mol. The first-order valence-electron chi connectivity index (χ1n) is 7.68. The second-order valence-corrected chi connectivity index (χ2v) is 5.60.